The molecule has 1 amide bonds. The first-order valence-corrected chi connectivity index (χ1v) is 13.5. The lowest BCUT2D eigenvalue weighted by Crippen LogP contribution is -2.43. The van der Waals surface area contributed by atoms with Gasteiger partial charge >= 0.3 is 5.97 Å². The molecule has 1 saturated carbocycles. The standard InChI is InChI=1S/C31H35N3O4/c1-5-38-31(36)28-18-33(32-29(28)34(20(2)3)30(35)23-8-6-21(4)7-9-23)25-13-10-22(11-14-25)26-15-12-24-19-37-17-16-27(24)26/h10-21,23H,5-9H2,1-4H3. The first kappa shape index (κ1) is 25.8. The summed E-state index contributed by atoms with van der Waals surface area (Å²) in [4.78, 5) is 28.4. The van der Waals surface area contributed by atoms with E-state index >= 15 is 0 Å². The molecule has 0 saturated heterocycles. The normalized spacial score (nSPS) is 17.6. The van der Waals surface area contributed by atoms with Crippen LogP contribution in [0.15, 0.2) is 65.6 Å². The quantitative estimate of drug-likeness (QED) is 0.249. The number of fused-ring (bicyclic) bond motifs is 1. The van der Waals surface area contributed by atoms with E-state index in [0.717, 1.165) is 53.6 Å². The van der Waals surface area contributed by atoms with E-state index in [2.05, 4.69) is 13.0 Å². The van der Waals surface area contributed by atoms with Crippen LogP contribution in [0.2, 0.25) is 0 Å². The molecule has 1 aliphatic heterocycles. The average molecular weight is 514 g/mol. The maximum atomic E-state index is 13.7. The van der Waals surface area contributed by atoms with Gasteiger partial charge in [-0.25, -0.2) is 9.48 Å². The fourth-order valence-corrected chi connectivity index (χ4v) is 5.40. The molecule has 5 rings (SSSR count). The molecule has 2 aromatic rings. The number of benzene rings is 1. The van der Waals surface area contributed by atoms with Crippen LogP contribution in [-0.2, 0) is 9.53 Å². The Morgan fingerprint density at radius 3 is 2.39 bits per heavy atom. The largest absolute Gasteiger partial charge is 0.472 e. The van der Waals surface area contributed by atoms with Gasteiger partial charge in [-0.05, 0) is 87.3 Å². The smallest absolute Gasteiger partial charge is 0.343 e. The van der Waals surface area contributed by atoms with Gasteiger partial charge in [0.25, 0.3) is 0 Å². The summed E-state index contributed by atoms with van der Waals surface area (Å²) in [6.07, 6.45) is 8.91. The zero-order valence-corrected chi connectivity index (χ0v) is 22.5. The molecule has 198 valence electrons. The van der Waals surface area contributed by atoms with Gasteiger partial charge in [0.15, 0.2) is 5.82 Å². The minimum Gasteiger partial charge on any atom is -0.472 e. The van der Waals surface area contributed by atoms with Crippen molar-refractivity contribution in [3.05, 3.63) is 66.8 Å². The lowest BCUT2D eigenvalue weighted by atomic mass is 9.82. The predicted molar refractivity (Wildman–Crippen MR) is 148 cm³/mol. The summed E-state index contributed by atoms with van der Waals surface area (Å²) in [7, 11) is 0. The maximum absolute atomic E-state index is 13.7. The van der Waals surface area contributed by atoms with Gasteiger partial charge in [-0.15, -0.1) is 5.10 Å². The van der Waals surface area contributed by atoms with Gasteiger partial charge in [0.2, 0.25) is 5.91 Å². The Labute approximate surface area is 223 Å². The van der Waals surface area contributed by atoms with Gasteiger partial charge in [0.05, 0.1) is 24.8 Å². The Kier molecular flexibility index (Phi) is 7.36. The van der Waals surface area contributed by atoms with Crippen molar-refractivity contribution in [1.82, 2.24) is 9.78 Å². The van der Waals surface area contributed by atoms with Gasteiger partial charge in [-0.2, -0.15) is 0 Å². The van der Waals surface area contributed by atoms with E-state index in [0.29, 0.717) is 17.3 Å². The van der Waals surface area contributed by atoms with E-state index in [9.17, 15) is 9.59 Å². The number of nitrogens with zero attached hydrogens (tertiary/aromatic N) is 3. The highest BCUT2D eigenvalue weighted by atomic mass is 16.5. The second kappa shape index (κ2) is 10.9. The monoisotopic (exact) mass is 513 g/mol. The highest BCUT2D eigenvalue weighted by Crippen LogP contribution is 2.36. The summed E-state index contributed by atoms with van der Waals surface area (Å²) >= 11 is 0. The number of hydrogen-bond donors (Lipinski definition) is 0. The van der Waals surface area contributed by atoms with Crippen LogP contribution in [0.5, 0.6) is 0 Å². The van der Waals surface area contributed by atoms with E-state index in [4.69, 9.17) is 14.3 Å². The van der Waals surface area contributed by atoms with Crippen LogP contribution in [0.1, 0.15) is 63.7 Å². The first-order chi connectivity index (χ1) is 18.4. The number of anilines is 1. The third kappa shape index (κ3) is 4.97. The topological polar surface area (TPSA) is 77.6 Å². The zero-order chi connectivity index (χ0) is 26.8. The van der Waals surface area contributed by atoms with Crippen molar-refractivity contribution in [2.45, 2.75) is 59.4 Å². The summed E-state index contributed by atoms with van der Waals surface area (Å²) < 4.78 is 12.3. The molecule has 0 bridgehead atoms. The minimum atomic E-state index is -0.477. The average Bonchev–Trinajstić information content (AvgIpc) is 3.54. The molecular weight excluding hydrogens is 478 g/mol. The summed E-state index contributed by atoms with van der Waals surface area (Å²) in [5.41, 5.74) is 5.45. The van der Waals surface area contributed by atoms with Crippen LogP contribution in [0.4, 0.5) is 5.82 Å². The number of carbonyl (C=O) groups is 2. The number of carbonyl (C=O) groups excluding carboxylic acids is 2. The van der Waals surface area contributed by atoms with Crippen LogP contribution < -0.4 is 4.90 Å². The number of ether oxygens (including phenoxy) is 1. The Balaban J connectivity index is 1.49. The van der Waals surface area contributed by atoms with Crippen LogP contribution >= 0.6 is 0 Å². The molecule has 0 N–H and O–H groups in total. The molecule has 1 aromatic heterocycles. The molecule has 7 nitrogen and oxygen atoms in total. The van der Waals surface area contributed by atoms with E-state index in [1.807, 2.05) is 50.2 Å². The van der Waals surface area contributed by atoms with E-state index in [-0.39, 0.29) is 24.5 Å². The molecule has 1 aromatic carbocycles. The molecule has 2 heterocycles. The Morgan fingerprint density at radius 2 is 1.71 bits per heavy atom. The van der Waals surface area contributed by atoms with Crippen molar-refractivity contribution in [2.24, 2.45) is 11.8 Å². The lowest BCUT2D eigenvalue weighted by Gasteiger charge is -2.32. The van der Waals surface area contributed by atoms with Crippen molar-refractivity contribution in [2.75, 3.05) is 11.5 Å². The summed E-state index contributed by atoms with van der Waals surface area (Å²) in [6.45, 7) is 8.18. The highest BCUT2D eigenvalue weighted by molar-refractivity contribution is 6.02. The van der Waals surface area contributed by atoms with Gasteiger partial charge < -0.3 is 9.15 Å². The molecule has 0 unspecified atom stereocenters. The Morgan fingerprint density at radius 1 is 1.03 bits per heavy atom. The number of esters is 1. The van der Waals surface area contributed by atoms with Crippen LogP contribution in [0.3, 0.4) is 0 Å². The number of hydrogen-bond acceptors (Lipinski definition) is 5. The molecule has 7 heteroatoms. The Bertz CT molecular complexity index is 1380. The minimum absolute atomic E-state index is 0.0351. The maximum Gasteiger partial charge on any atom is 0.343 e. The van der Waals surface area contributed by atoms with Crippen molar-refractivity contribution in [3.8, 4) is 27.9 Å². The summed E-state index contributed by atoms with van der Waals surface area (Å²) in [5, 5.41) is 4.79. The number of rotatable bonds is 7. The molecule has 1 fully saturated rings. The second-order valence-electron chi connectivity index (χ2n) is 10.5. The molecule has 3 aliphatic rings. The van der Waals surface area contributed by atoms with Gasteiger partial charge in [-0.1, -0.05) is 31.2 Å². The molecular formula is C31H35N3O4. The molecule has 2 aliphatic carbocycles. The van der Waals surface area contributed by atoms with Gasteiger partial charge in [0, 0.05) is 23.7 Å². The fourth-order valence-electron chi connectivity index (χ4n) is 5.40. The van der Waals surface area contributed by atoms with E-state index in [1.54, 1.807) is 35.2 Å². The molecule has 0 radical (unpaired) electrons. The molecule has 0 spiro atoms. The Hall–Kier alpha value is -3.87. The highest BCUT2D eigenvalue weighted by Gasteiger charge is 2.34. The van der Waals surface area contributed by atoms with Crippen molar-refractivity contribution in [3.63, 3.8) is 0 Å². The van der Waals surface area contributed by atoms with Crippen molar-refractivity contribution in [1.29, 1.82) is 0 Å². The van der Waals surface area contributed by atoms with Gasteiger partial charge in [0.1, 0.15) is 5.56 Å². The van der Waals surface area contributed by atoms with Gasteiger partial charge in [-0.3, -0.25) is 9.69 Å². The predicted octanol–water partition coefficient (Wildman–Crippen LogP) is 6.98. The summed E-state index contributed by atoms with van der Waals surface area (Å²) in [6, 6.07) is 13.9. The zero-order valence-electron chi connectivity index (χ0n) is 22.5. The summed E-state index contributed by atoms with van der Waals surface area (Å²) in [5.74, 6) is 0.505. The third-order valence-electron chi connectivity index (χ3n) is 7.52. The number of amides is 1. The molecule has 0 atom stereocenters. The SMILES string of the molecule is CCOC(=O)c1cn(-c2ccc(-c3ccc4coccc3-4)cc2)nc1N(C(=O)C1CCC(C)CC1)C(C)C. The molecule has 38 heavy (non-hydrogen) atoms. The van der Waals surface area contributed by atoms with Crippen molar-refractivity contribution < 1.29 is 18.7 Å². The van der Waals surface area contributed by atoms with Crippen LogP contribution in [0.25, 0.3) is 27.9 Å². The van der Waals surface area contributed by atoms with Crippen molar-refractivity contribution >= 4 is 17.7 Å². The number of aromatic nitrogens is 2. The van der Waals surface area contributed by atoms with Crippen LogP contribution in [-0.4, -0.2) is 34.3 Å². The second-order valence-corrected chi connectivity index (χ2v) is 10.5. The third-order valence-corrected chi connectivity index (χ3v) is 7.52. The first-order valence-electron chi connectivity index (χ1n) is 13.5. The lowest BCUT2D eigenvalue weighted by molar-refractivity contribution is -0.124. The van der Waals surface area contributed by atoms with E-state index < -0.39 is 5.97 Å². The van der Waals surface area contributed by atoms with E-state index in [1.165, 1.54) is 0 Å². The fraction of sp³-hybridized carbons (Fsp3) is 0.387. The van der Waals surface area contributed by atoms with Crippen LogP contribution in [0, 0.1) is 11.8 Å².